The minimum atomic E-state index is -0.301. The Hall–Kier alpha value is -3.66. The number of aliphatic imine (C=N–C) groups is 1. The van der Waals surface area contributed by atoms with Crippen LogP contribution in [0, 0.1) is 17.1 Å². The summed E-state index contributed by atoms with van der Waals surface area (Å²) >= 11 is 0. The molecule has 0 aliphatic rings. The van der Waals surface area contributed by atoms with E-state index < -0.39 is 0 Å². The molecule has 0 bridgehead atoms. The molecular weight excluding hydrogens is 347 g/mol. The summed E-state index contributed by atoms with van der Waals surface area (Å²) in [5, 5.41) is 9.32. The van der Waals surface area contributed by atoms with Crippen molar-refractivity contribution in [3.63, 3.8) is 0 Å². The molecule has 3 aromatic rings. The van der Waals surface area contributed by atoms with E-state index in [1.807, 2.05) is 6.07 Å². The molecule has 0 aliphatic carbocycles. The second-order valence-corrected chi connectivity index (χ2v) is 5.65. The van der Waals surface area contributed by atoms with Crippen LogP contribution in [0.1, 0.15) is 16.8 Å². The first-order chi connectivity index (χ1) is 13.1. The summed E-state index contributed by atoms with van der Waals surface area (Å²) in [6.07, 6.45) is 3.14. The first-order valence-electron chi connectivity index (χ1n) is 8.10. The van der Waals surface area contributed by atoms with Crippen LogP contribution in [-0.2, 0) is 6.54 Å². The number of benzene rings is 2. The highest BCUT2D eigenvalue weighted by atomic mass is 19.1. The molecule has 0 atom stereocenters. The molecule has 3 rings (SSSR count). The van der Waals surface area contributed by atoms with Gasteiger partial charge < -0.3 is 14.0 Å². The molecule has 7 heteroatoms. The molecule has 1 aromatic heterocycles. The fourth-order valence-corrected chi connectivity index (χ4v) is 2.56. The number of halogens is 1. The van der Waals surface area contributed by atoms with Gasteiger partial charge in [-0.25, -0.2) is 14.4 Å². The van der Waals surface area contributed by atoms with Crippen molar-refractivity contribution in [2.75, 3.05) is 14.2 Å². The number of aromatic nitrogens is 2. The van der Waals surface area contributed by atoms with Gasteiger partial charge in [-0.15, -0.1) is 0 Å². The largest absolute Gasteiger partial charge is 0.497 e. The Kier molecular flexibility index (Phi) is 5.47. The minimum absolute atomic E-state index is 0.204. The van der Waals surface area contributed by atoms with Crippen LogP contribution >= 0.6 is 0 Å². The highest BCUT2D eigenvalue weighted by Gasteiger charge is 2.11. The number of imidazole rings is 1. The van der Waals surface area contributed by atoms with Crippen LogP contribution in [0.3, 0.4) is 0 Å². The van der Waals surface area contributed by atoms with Crippen LogP contribution in [0.25, 0.3) is 0 Å². The molecule has 136 valence electrons. The normalized spacial score (nSPS) is 10.7. The third kappa shape index (κ3) is 4.12. The van der Waals surface area contributed by atoms with Gasteiger partial charge >= 0.3 is 0 Å². The Morgan fingerprint density at radius 2 is 1.96 bits per heavy atom. The van der Waals surface area contributed by atoms with Crippen molar-refractivity contribution in [2.24, 2.45) is 4.99 Å². The summed E-state index contributed by atoms with van der Waals surface area (Å²) in [5.41, 5.74) is 1.78. The van der Waals surface area contributed by atoms with Crippen molar-refractivity contribution in [1.82, 2.24) is 9.55 Å². The Morgan fingerprint density at radius 1 is 1.19 bits per heavy atom. The molecule has 0 amide bonds. The van der Waals surface area contributed by atoms with Gasteiger partial charge in [0, 0.05) is 11.8 Å². The first-order valence-corrected chi connectivity index (χ1v) is 8.10. The van der Waals surface area contributed by atoms with E-state index in [1.54, 1.807) is 55.3 Å². The highest BCUT2D eigenvalue weighted by molar-refractivity contribution is 5.86. The fourth-order valence-electron chi connectivity index (χ4n) is 2.56. The van der Waals surface area contributed by atoms with Crippen LogP contribution in [0.2, 0.25) is 0 Å². The average Bonchev–Trinajstić information content (AvgIpc) is 3.09. The maximum atomic E-state index is 13.1. The lowest BCUT2D eigenvalue weighted by molar-refractivity contribution is 0.402. The molecule has 0 unspecified atom stereocenters. The molecular formula is C20H17FN4O2. The smallest absolute Gasteiger partial charge is 0.185 e. The SMILES string of the molecule is COc1ccc(OC)c(C=Nc2c(C#N)ncn2Cc2ccc(F)cc2)c1. The lowest BCUT2D eigenvalue weighted by Gasteiger charge is -2.08. The van der Waals surface area contributed by atoms with Crippen molar-refractivity contribution in [1.29, 1.82) is 5.26 Å². The van der Waals surface area contributed by atoms with Gasteiger partial charge in [0.05, 0.1) is 27.1 Å². The Labute approximate surface area is 156 Å². The van der Waals surface area contributed by atoms with Gasteiger partial charge in [0.1, 0.15) is 23.4 Å². The van der Waals surface area contributed by atoms with E-state index in [0.717, 1.165) is 5.56 Å². The van der Waals surface area contributed by atoms with Gasteiger partial charge in [0.2, 0.25) is 0 Å². The molecule has 2 aromatic carbocycles. The van der Waals surface area contributed by atoms with Crippen molar-refractivity contribution in [3.05, 3.63) is 71.4 Å². The summed E-state index contributed by atoms with van der Waals surface area (Å²) < 4.78 is 25.4. The Bertz CT molecular complexity index is 1000. The number of nitriles is 1. The Morgan fingerprint density at radius 3 is 2.63 bits per heavy atom. The zero-order valence-electron chi connectivity index (χ0n) is 14.9. The van der Waals surface area contributed by atoms with E-state index in [4.69, 9.17) is 9.47 Å². The van der Waals surface area contributed by atoms with E-state index in [1.165, 1.54) is 18.5 Å². The minimum Gasteiger partial charge on any atom is -0.497 e. The van der Waals surface area contributed by atoms with Gasteiger partial charge in [-0.05, 0) is 35.9 Å². The van der Waals surface area contributed by atoms with Gasteiger partial charge in [-0.1, -0.05) is 12.1 Å². The van der Waals surface area contributed by atoms with Crippen LogP contribution in [0.15, 0.2) is 53.8 Å². The summed E-state index contributed by atoms with van der Waals surface area (Å²) in [7, 11) is 3.15. The number of ether oxygens (including phenoxy) is 2. The fraction of sp³-hybridized carbons (Fsp3) is 0.150. The standard InChI is InChI=1S/C20H17FN4O2/c1-26-17-7-8-19(27-2)15(9-17)11-23-20-18(10-22)24-13-25(20)12-14-3-5-16(21)6-4-14/h3-9,11,13H,12H2,1-2H3. The third-order valence-corrected chi connectivity index (χ3v) is 3.94. The topological polar surface area (TPSA) is 72.4 Å². The molecule has 0 radical (unpaired) electrons. The van der Waals surface area contributed by atoms with Crippen LogP contribution in [-0.4, -0.2) is 30.0 Å². The van der Waals surface area contributed by atoms with E-state index in [0.29, 0.717) is 29.4 Å². The first kappa shape index (κ1) is 18.1. The number of methoxy groups -OCH3 is 2. The highest BCUT2D eigenvalue weighted by Crippen LogP contribution is 2.24. The van der Waals surface area contributed by atoms with Crippen molar-refractivity contribution < 1.29 is 13.9 Å². The average molecular weight is 364 g/mol. The summed E-state index contributed by atoms with van der Waals surface area (Å²) in [6, 6.07) is 13.5. The van der Waals surface area contributed by atoms with E-state index in [2.05, 4.69) is 9.98 Å². The maximum Gasteiger partial charge on any atom is 0.185 e. The molecule has 6 nitrogen and oxygen atoms in total. The molecule has 1 heterocycles. The predicted molar refractivity (Wildman–Crippen MR) is 99.2 cm³/mol. The van der Waals surface area contributed by atoms with Crippen LogP contribution in [0.5, 0.6) is 11.5 Å². The van der Waals surface area contributed by atoms with Crippen molar-refractivity contribution in [3.8, 4) is 17.6 Å². The maximum absolute atomic E-state index is 13.1. The van der Waals surface area contributed by atoms with Crippen LogP contribution < -0.4 is 9.47 Å². The summed E-state index contributed by atoms with van der Waals surface area (Å²) in [4.78, 5) is 8.54. The second-order valence-electron chi connectivity index (χ2n) is 5.65. The van der Waals surface area contributed by atoms with Crippen molar-refractivity contribution >= 4 is 12.0 Å². The van der Waals surface area contributed by atoms with E-state index in [9.17, 15) is 9.65 Å². The lowest BCUT2D eigenvalue weighted by Crippen LogP contribution is -1.98. The predicted octanol–water partition coefficient (Wildman–Crippen LogP) is 3.71. The lowest BCUT2D eigenvalue weighted by atomic mass is 10.2. The van der Waals surface area contributed by atoms with Gasteiger partial charge in [-0.2, -0.15) is 5.26 Å². The monoisotopic (exact) mass is 364 g/mol. The second kappa shape index (κ2) is 8.15. The zero-order chi connectivity index (χ0) is 19.2. The number of hydrogen-bond donors (Lipinski definition) is 0. The van der Waals surface area contributed by atoms with Gasteiger partial charge in [0.25, 0.3) is 0 Å². The molecule has 0 fully saturated rings. The molecule has 0 saturated carbocycles. The molecule has 0 N–H and O–H groups in total. The van der Waals surface area contributed by atoms with Crippen LogP contribution in [0.4, 0.5) is 10.2 Å². The number of hydrogen-bond acceptors (Lipinski definition) is 5. The molecule has 0 saturated heterocycles. The van der Waals surface area contributed by atoms with Crippen molar-refractivity contribution in [2.45, 2.75) is 6.54 Å². The van der Waals surface area contributed by atoms with E-state index in [-0.39, 0.29) is 11.5 Å². The summed E-state index contributed by atoms with van der Waals surface area (Å²) in [6.45, 7) is 0.414. The molecule has 0 aliphatic heterocycles. The molecule has 27 heavy (non-hydrogen) atoms. The van der Waals surface area contributed by atoms with E-state index >= 15 is 0 Å². The van der Waals surface area contributed by atoms with Gasteiger partial charge in [-0.3, -0.25) is 0 Å². The zero-order valence-corrected chi connectivity index (χ0v) is 14.9. The Balaban J connectivity index is 1.95. The quantitative estimate of drug-likeness (QED) is 0.625. The number of nitrogens with zero attached hydrogens (tertiary/aromatic N) is 4. The third-order valence-electron chi connectivity index (χ3n) is 3.94. The summed E-state index contributed by atoms with van der Waals surface area (Å²) in [5.74, 6) is 1.40. The molecule has 0 spiro atoms. The number of rotatable bonds is 6. The van der Waals surface area contributed by atoms with Gasteiger partial charge in [0.15, 0.2) is 11.5 Å².